The average molecular weight is 598 g/mol. The Hall–Kier alpha value is -4.69. The Kier molecular flexibility index (Phi) is 8.44. The molecule has 1 N–H and O–H groups in total. The monoisotopic (exact) mass is 597 g/mol. The van der Waals surface area contributed by atoms with E-state index in [4.69, 9.17) is 8.92 Å². The molecule has 14 heteroatoms. The predicted molar refractivity (Wildman–Crippen MR) is 151 cm³/mol. The molecule has 1 saturated heterocycles. The molecule has 212 valence electrons. The zero-order valence-electron chi connectivity index (χ0n) is 21.9. The number of anilines is 1. The molecule has 0 aromatic heterocycles. The number of nitrogens with zero attached hydrogens (tertiary/aromatic N) is 2. The molecule has 1 heterocycles. The highest BCUT2D eigenvalue weighted by molar-refractivity contribution is 8.18. The second-order valence-electron chi connectivity index (χ2n) is 8.87. The van der Waals surface area contributed by atoms with Crippen molar-refractivity contribution in [3.63, 3.8) is 0 Å². The van der Waals surface area contributed by atoms with Gasteiger partial charge in [0, 0.05) is 11.8 Å². The van der Waals surface area contributed by atoms with Gasteiger partial charge in [-0.2, -0.15) is 8.42 Å². The fourth-order valence-corrected chi connectivity index (χ4v) is 5.95. The van der Waals surface area contributed by atoms with Crippen LogP contribution in [-0.4, -0.2) is 48.9 Å². The van der Waals surface area contributed by atoms with E-state index in [1.165, 1.54) is 43.5 Å². The highest BCUT2D eigenvalue weighted by Crippen LogP contribution is 2.36. The summed E-state index contributed by atoms with van der Waals surface area (Å²) in [4.78, 5) is 48.6. The van der Waals surface area contributed by atoms with Crippen LogP contribution < -0.4 is 14.2 Å². The summed E-state index contributed by atoms with van der Waals surface area (Å²) >= 11 is 0.646. The molecule has 1 fully saturated rings. The molecule has 0 saturated carbocycles. The average Bonchev–Trinajstić information content (AvgIpc) is 3.15. The van der Waals surface area contributed by atoms with E-state index in [-0.39, 0.29) is 16.4 Å². The Morgan fingerprint density at radius 1 is 1.05 bits per heavy atom. The predicted octanol–water partition coefficient (Wildman–Crippen LogP) is 4.66. The first-order valence-electron chi connectivity index (χ1n) is 11.9. The summed E-state index contributed by atoms with van der Waals surface area (Å²) in [5, 5.41) is 13.3. The summed E-state index contributed by atoms with van der Waals surface area (Å²) in [6, 6.07) is 14.2. The Morgan fingerprint density at radius 3 is 2.39 bits per heavy atom. The molecule has 1 aliphatic rings. The summed E-state index contributed by atoms with van der Waals surface area (Å²) in [6.07, 6.45) is 1.38. The van der Waals surface area contributed by atoms with Crippen molar-refractivity contribution in [1.82, 2.24) is 4.90 Å². The summed E-state index contributed by atoms with van der Waals surface area (Å²) in [6.45, 7) is 3.28. The first-order valence-corrected chi connectivity index (χ1v) is 14.1. The van der Waals surface area contributed by atoms with Gasteiger partial charge in [0.15, 0.2) is 16.4 Å². The SMILES string of the molecule is COc1cc(/C=C2\SC(=O)N(CC(=O)Nc3cc(C)cc(C)c3)C2=O)ccc1OS(=O)(=O)c1ccccc1[N+](=O)[O-]. The lowest BCUT2D eigenvalue weighted by molar-refractivity contribution is -0.387. The number of benzene rings is 3. The fourth-order valence-electron chi connectivity index (χ4n) is 4.00. The molecule has 0 unspecified atom stereocenters. The van der Waals surface area contributed by atoms with Crippen molar-refractivity contribution >= 4 is 56.4 Å². The highest BCUT2D eigenvalue weighted by atomic mass is 32.2. The van der Waals surface area contributed by atoms with E-state index in [1.54, 1.807) is 12.1 Å². The molecule has 0 spiro atoms. The Labute approximate surface area is 239 Å². The van der Waals surface area contributed by atoms with Gasteiger partial charge in [-0.15, -0.1) is 0 Å². The van der Waals surface area contributed by atoms with Crippen LogP contribution in [-0.2, 0) is 19.7 Å². The van der Waals surface area contributed by atoms with Crippen LogP contribution in [0.25, 0.3) is 6.08 Å². The molecule has 12 nitrogen and oxygen atoms in total. The summed E-state index contributed by atoms with van der Waals surface area (Å²) in [5.41, 5.74) is 2.15. The third-order valence-electron chi connectivity index (χ3n) is 5.70. The first kappa shape index (κ1) is 29.3. The largest absolute Gasteiger partial charge is 0.493 e. The van der Waals surface area contributed by atoms with Crippen LogP contribution >= 0.6 is 11.8 Å². The minimum absolute atomic E-state index is 0.0393. The third-order valence-corrected chi connectivity index (χ3v) is 7.89. The van der Waals surface area contributed by atoms with Crippen molar-refractivity contribution in [2.45, 2.75) is 18.7 Å². The van der Waals surface area contributed by atoms with Crippen LogP contribution in [0.15, 0.2) is 70.5 Å². The van der Waals surface area contributed by atoms with Crippen LogP contribution in [0.4, 0.5) is 16.2 Å². The number of imide groups is 1. The van der Waals surface area contributed by atoms with Crippen molar-refractivity contribution in [2.75, 3.05) is 19.0 Å². The smallest absolute Gasteiger partial charge is 0.346 e. The van der Waals surface area contributed by atoms with Crippen molar-refractivity contribution in [2.24, 2.45) is 0 Å². The first-order chi connectivity index (χ1) is 19.4. The molecular weight excluding hydrogens is 574 g/mol. The number of hydrogen-bond acceptors (Lipinski definition) is 10. The van der Waals surface area contributed by atoms with Gasteiger partial charge in [-0.05, 0) is 78.7 Å². The lowest BCUT2D eigenvalue weighted by Gasteiger charge is -2.13. The summed E-state index contributed by atoms with van der Waals surface area (Å²) in [7, 11) is -3.35. The molecule has 1 aliphatic heterocycles. The van der Waals surface area contributed by atoms with Crippen molar-refractivity contribution in [1.29, 1.82) is 0 Å². The van der Waals surface area contributed by atoms with E-state index in [9.17, 15) is 32.9 Å². The van der Waals surface area contributed by atoms with Gasteiger partial charge in [0.05, 0.1) is 16.9 Å². The lowest BCUT2D eigenvalue weighted by Crippen LogP contribution is -2.36. The number of carbonyl (C=O) groups excluding carboxylic acids is 3. The zero-order chi connectivity index (χ0) is 29.9. The number of amides is 3. The number of nitro benzene ring substituents is 1. The topological polar surface area (TPSA) is 162 Å². The van der Waals surface area contributed by atoms with E-state index in [0.717, 1.165) is 28.2 Å². The van der Waals surface area contributed by atoms with Crippen LogP contribution in [0.2, 0.25) is 0 Å². The molecule has 0 atom stereocenters. The van der Waals surface area contributed by atoms with Crippen molar-refractivity contribution < 1.29 is 36.6 Å². The van der Waals surface area contributed by atoms with E-state index in [0.29, 0.717) is 23.0 Å². The number of aryl methyl sites for hydroxylation is 2. The number of methoxy groups -OCH3 is 1. The van der Waals surface area contributed by atoms with Gasteiger partial charge in [-0.3, -0.25) is 29.4 Å². The number of ether oxygens (including phenoxy) is 1. The number of hydrogen-bond donors (Lipinski definition) is 1. The third kappa shape index (κ3) is 6.73. The maximum Gasteiger partial charge on any atom is 0.346 e. The quantitative estimate of drug-likeness (QED) is 0.159. The normalized spacial score (nSPS) is 14.3. The van der Waals surface area contributed by atoms with Crippen LogP contribution in [0.3, 0.4) is 0 Å². The molecule has 4 rings (SSSR count). The second-order valence-corrected chi connectivity index (χ2v) is 11.4. The van der Waals surface area contributed by atoms with Crippen LogP contribution in [0, 0.1) is 24.0 Å². The molecule has 3 aromatic rings. The van der Waals surface area contributed by atoms with Gasteiger partial charge < -0.3 is 14.2 Å². The highest BCUT2D eigenvalue weighted by Gasteiger charge is 2.36. The molecule has 3 aromatic carbocycles. The maximum absolute atomic E-state index is 12.9. The van der Waals surface area contributed by atoms with Gasteiger partial charge in [0.1, 0.15) is 6.54 Å². The molecule has 0 bridgehead atoms. The van der Waals surface area contributed by atoms with E-state index in [2.05, 4.69) is 5.32 Å². The minimum Gasteiger partial charge on any atom is -0.493 e. The zero-order valence-corrected chi connectivity index (χ0v) is 23.6. The Morgan fingerprint density at radius 2 is 1.73 bits per heavy atom. The van der Waals surface area contributed by atoms with E-state index >= 15 is 0 Å². The van der Waals surface area contributed by atoms with Gasteiger partial charge in [-0.25, -0.2) is 0 Å². The molecular formula is C27H23N3O9S2. The van der Waals surface area contributed by atoms with Crippen molar-refractivity contribution in [3.05, 3.63) is 92.4 Å². The minimum atomic E-state index is -4.60. The van der Waals surface area contributed by atoms with Crippen LogP contribution in [0.1, 0.15) is 16.7 Å². The van der Waals surface area contributed by atoms with Gasteiger partial charge in [0.2, 0.25) is 5.91 Å². The van der Waals surface area contributed by atoms with Gasteiger partial charge in [0.25, 0.3) is 16.8 Å². The Balaban J connectivity index is 1.51. The number of rotatable bonds is 9. The molecule has 0 aliphatic carbocycles. The number of carbonyl (C=O) groups is 3. The Bertz CT molecular complexity index is 1700. The van der Waals surface area contributed by atoms with E-state index in [1.807, 2.05) is 19.9 Å². The second kappa shape index (κ2) is 11.8. The summed E-state index contributed by atoms with van der Waals surface area (Å²) in [5.74, 6) is -1.51. The number of nitrogens with one attached hydrogen (secondary N) is 1. The van der Waals surface area contributed by atoms with Crippen LogP contribution in [0.5, 0.6) is 11.5 Å². The maximum atomic E-state index is 12.9. The van der Waals surface area contributed by atoms with Crippen molar-refractivity contribution in [3.8, 4) is 11.5 Å². The summed E-state index contributed by atoms with van der Waals surface area (Å²) < 4.78 is 35.9. The number of para-hydroxylation sites is 1. The lowest BCUT2D eigenvalue weighted by atomic mass is 10.1. The molecule has 0 radical (unpaired) electrons. The van der Waals surface area contributed by atoms with Gasteiger partial charge >= 0.3 is 10.1 Å². The van der Waals surface area contributed by atoms with Gasteiger partial charge in [-0.1, -0.05) is 24.3 Å². The number of thioether (sulfide) groups is 1. The standard InChI is InChI=1S/C27H23N3O9S2/c1-16-10-17(2)12-19(11-16)28-25(31)15-29-26(32)23(40-27(29)33)14-18-8-9-21(22(13-18)38-3)39-41(36,37)24-7-5-4-6-20(24)30(34)35/h4-14H,15H2,1-3H3,(H,28,31)/b23-14-. The fraction of sp³-hybridized carbons (Fsp3) is 0.148. The van der Waals surface area contributed by atoms with E-state index < -0.39 is 49.2 Å². The molecule has 3 amide bonds. The number of nitro groups is 1. The molecule has 41 heavy (non-hydrogen) atoms.